The van der Waals surface area contributed by atoms with Gasteiger partial charge < -0.3 is 30.0 Å². The molecule has 0 bridgehead atoms. The van der Waals surface area contributed by atoms with Gasteiger partial charge in [0.05, 0.1) is 26.2 Å². The molecule has 4 atom stereocenters. The third-order valence-corrected chi connectivity index (χ3v) is 5.48. The topological polar surface area (TPSA) is 106 Å². The molecule has 2 aliphatic heterocycles. The summed E-state index contributed by atoms with van der Waals surface area (Å²) in [5.74, 6) is -0.216. The predicted molar refractivity (Wildman–Crippen MR) is 110 cm³/mol. The number of aliphatic hydroxyl groups is 1. The van der Waals surface area contributed by atoms with E-state index in [2.05, 4.69) is 10.6 Å². The summed E-state index contributed by atoms with van der Waals surface area (Å²) in [6.45, 7) is -0.238. The van der Waals surface area contributed by atoms with E-state index in [1.54, 1.807) is 12.1 Å². The maximum absolute atomic E-state index is 13.0. The SMILES string of the molecule is COC(=O)C[C@H]1C[C@@H]2c3cc(NC(=O)Nc4ccc(F)cc4)ccc3O[C@@H]2[C@@H](CO)O1. The van der Waals surface area contributed by atoms with Crippen molar-refractivity contribution >= 4 is 23.4 Å². The number of anilines is 2. The fourth-order valence-corrected chi connectivity index (χ4v) is 4.06. The van der Waals surface area contributed by atoms with Gasteiger partial charge >= 0.3 is 12.0 Å². The Morgan fingerprint density at radius 3 is 2.58 bits per heavy atom. The van der Waals surface area contributed by atoms with Crippen LogP contribution in [0, 0.1) is 5.82 Å². The Kier molecular flexibility index (Phi) is 6.06. The Morgan fingerprint density at radius 1 is 1.16 bits per heavy atom. The lowest BCUT2D eigenvalue weighted by molar-refractivity contribution is -0.156. The van der Waals surface area contributed by atoms with Gasteiger partial charge in [0, 0.05) is 22.9 Å². The van der Waals surface area contributed by atoms with Crippen molar-refractivity contribution in [3.8, 4) is 5.75 Å². The fraction of sp³-hybridized carbons (Fsp3) is 0.364. The number of hydrogen-bond acceptors (Lipinski definition) is 6. The number of rotatable bonds is 5. The molecule has 1 saturated heterocycles. The first kappa shape index (κ1) is 21.1. The van der Waals surface area contributed by atoms with Crippen molar-refractivity contribution in [2.24, 2.45) is 0 Å². The van der Waals surface area contributed by atoms with Gasteiger partial charge in [0.15, 0.2) is 0 Å². The molecule has 9 heteroatoms. The van der Waals surface area contributed by atoms with Gasteiger partial charge in [0.1, 0.15) is 23.8 Å². The Bertz CT molecular complexity index is 967. The van der Waals surface area contributed by atoms with Gasteiger partial charge in [0.25, 0.3) is 0 Å². The zero-order chi connectivity index (χ0) is 22.0. The summed E-state index contributed by atoms with van der Waals surface area (Å²) >= 11 is 0. The smallest absolute Gasteiger partial charge is 0.323 e. The number of ether oxygens (including phenoxy) is 3. The molecule has 2 aromatic carbocycles. The van der Waals surface area contributed by atoms with Crippen LogP contribution in [-0.4, -0.2) is 49.1 Å². The number of fused-ring (bicyclic) bond motifs is 3. The Morgan fingerprint density at radius 2 is 1.87 bits per heavy atom. The minimum absolute atomic E-state index is 0.0869. The largest absolute Gasteiger partial charge is 0.487 e. The maximum atomic E-state index is 13.0. The molecule has 2 amide bonds. The van der Waals surface area contributed by atoms with Crippen molar-refractivity contribution in [2.75, 3.05) is 24.4 Å². The lowest BCUT2D eigenvalue weighted by atomic mass is 9.84. The number of aliphatic hydroxyl groups excluding tert-OH is 1. The number of amides is 2. The van der Waals surface area contributed by atoms with E-state index in [1.807, 2.05) is 6.07 Å². The molecule has 0 spiro atoms. The van der Waals surface area contributed by atoms with Crippen LogP contribution in [-0.2, 0) is 14.3 Å². The van der Waals surface area contributed by atoms with Crippen LogP contribution in [0.3, 0.4) is 0 Å². The van der Waals surface area contributed by atoms with E-state index in [0.29, 0.717) is 23.5 Å². The van der Waals surface area contributed by atoms with Crippen LogP contribution in [0.15, 0.2) is 42.5 Å². The van der Waals surface area contributed by atoms with Crippen LogP contribution < -0.4 is 15.4 Å². The molecule has 2 aliphatic rings. The molecule has 4 rings (SSSR count). The molecule has 1 fully saturated rings. The predicted octanol–water partition coefficient (Wildman–Crippen LogP) is 3.03. The van der Waals surface area contributed by atoms with E-state index in [1.165, 1.54) is 31.4 Å². The van der Waals surface area contributed by atoms with Crippen molar-refractivity contribution in [3.63, 3.8) is 0 Å². The minimum atomic E-state index is -0.570. The zero-order valence-electron chi connectivity index (χ0n) is 16.8. The maximum Gasteiger partial charge on any atom is 0.323 e. The van der Waals surface area contributed by atoms with E-state index in [-0.39, 0.29) is 36.8 Å². The summed E-state index contributed by atoms with van der Waals surface area (Å²) in [4.78, 5) is 24.0. The van der Waals surface area contributed by atoms with Crippen molar-refractivity contribution < 1.29 is 33.3 Å². The number of esters is 1. The standard InChI is InChI=1S/C22H23FN2O6/c1-29-20(27)10-15-9-17-16-8-14(6-7-18(16)31-21(17)19(11-26)30-15)25-22(28)24-13-4-2-12(23)3-5-13/h2-8,15,17,19,21,26H,9-11H2,1H3,(H2,24,25,28)/t15-,17-,19-,21+/m1/s1. The molecule has 2 heterocycles. The molecule has 0 unspecified atom stereocenters. The number of methoxy groups -OCH3 is 1. The molecular formula is C22H23FN2O6. The van der Waals surface area contributed by atoms with Crippen molar-refractivity contribution in [2.45, 2.75) is 37.1 Å². The summed E-state index contributed by atoms with van der Waals surface area (Å²) in [6.07, 6.45) is -0.743. The van der Waals surface area contributed by atoms with Crippen LogP contribution >= 0.6 is 0 Å². The average Bonchev–Trinajstić information content (AvgIpc) is 3.12. The Hall–Kier alpha value is -3.17. The summed E-state index contributed by atoms with van der Waals surface area (Å²) in [7, 11) is 1.32. The first-order valence-corrected chi connectivity index (χ1v) is 9.94. The molecule has 0 aromatic heterocycles. The first-order chi connectivity index (χ1) is 15.0. The third kappa shape index (κ3) is 4.62. The summed E-state index contributed by atoms with van der Waals surface area (Å²) < 4.78 is 29.6. The van der Waals surface area contributed by atoms with E-state index in [4.69, 9.17) is 14.2 Å². The quantitative estimate of drug-likeness (QED) is 0.630. The van der Waals surface area contributed by atoms with E-state index < -0.39 is 18.2 Å². The number of nitrogens with one attached hydrogen (secondary N) is 2. The highest BCUT2D eigenvalue weighted by Gasteiger charge is 2.46. The molecule has 164 valence electrons. The molecule has 3 N–H and O–H groups in total. The van der Waals surface area contributed by atoms with Crippen LogP contribution in [0.4, 0.5) is 20.6 Å². The van der Waals surface area contributed by atoms with Crippen molar-refractivity contribution in [1.82, 2.24) is 0 Å². The number of benzene rings is 2. The molecule has 0 radical (unpaired) electrons. The Labute approximate surface area is 178 Å². The van der Waals surface area contributed by atoms with Gasteiger partial charge in [-0.2, -0.15) is 0 Å². The highest BCUT2D eigenvalue weighted by Crippen LogP contribution is 2.47. The van der Waals surface area contributed by atoms with Gasteiger partial charge in [-0.15, -0.1) is 0 Å². The first-order valence-electron chi connectivity index (χ1n) is 9.94. The summed E-state index contributed by atoms with van der Waals surface area (Å²) in [5.41, 5.74) is 1.89. The van der Waals surface area contributed by atoms with Crippen molar-refractivity contribution in [1.29, 1.82) is 0 Å². The molecule has 31 heavy (non-hydrogen) atoms. The lowest BCUT2D eigenvalue weighted by Gasteiger charge is -2.36. The second kappa shape index (κ2) is 8.91. The number of hydrogen-bond donors (Lipinski definition) is 3. The number of urea groups is 1. The number of carbonyl (C=O) groups excluding carboxylic acids is 2. The molecule has 0 aliphatic carbocycles. The molecule has 8 nitrogen and oxygen atoms in total. The normalized spacial score (nSPS) is 23.8. The molecule has 2 aromatic rings. The molecule has 0 saturated carbocycles. The summed E-state index contributed by atoms with van der Waals surface area (Å²) in [5, 5.41) is 15.1. The van der Waals surface area contributed by atoms with Crippen LogP contribution in [0.2, 0.25) is 0 Å². The van der Waals surface area contributed by atoms with Gasteiger partial charge in [0.2, 0.25) is 0 Å². The van der Waals surface area contributed by atoms with Crippen LogP contribution in [0.1, 0.15) is 24.3 Å². The minimum Gasteiger partial charge on any atom is -0.487 e. The van der Waals surface area contributed by atoms with Gasteiger partial charge in [-0.05, 0) is 48.9 Å². The zero-order valence-corrected chi connectivity index (χ0v) is 16.8. The van der Waals surface area contributed by atoms with E-state index >= 15 is 0 Å². The highest BCUT2D eigenvalue weighted by atomic mass is 19.1. The van der Waals surface area contributed by atoms with Crippen molar-refractivity contribution in [3.05, 3.63) is 53.8 Å². The monoisotopic (exact) mass is 430 g/mol. The van der Waals surface area contributed by atoms with E-state index in [0.717, 1.165) is 5.56 Å². The second-order valence-corrected chi connectivity index (χ2v) is 7.52. The number of halogens is 1. The summed E-state index contributed by atoms with van der Waals surface area (Å²) in [6, 6.07) is 10.3. The third-order valence-electron chi connectivity index (χ3n) is 5.48. The van der Waals surface area contributed by atoms with Gasteiger partial charge in [-0.25, -0.2) is 9.18 Å². The van der Waals surface area contributed by atoms with Gasteiger partial charge in [-0.1, -0.05) is 0 Å². The lowest BCUT2D eigenvalue weighted by Crippen LogP contribution is -2.46. The second-order valence-electron chi connectivity index (χ2n) is 7.52. The van der Waals surface area contributed by atoms with Crippen LogP contribution in [0.5, 0.6) is 5.75 Å². The fourth-order valence-electron chi connectivity index (χ4n) is 4.06. The number of carbonyl (C=O) groups is 2. The Balaban J connectivity index is 1.48. The highest BCUT2D eigenvalue weighted by molar-refractivity contribution is 5.99. The van der Waals surface area contributed by atoms with E-state index in [9.17, 15) is 19.1 Å². The average molecular weight is 430 g/mol. The van der Waals surface area contributed by atoms with Gasteiger partial charge in [-0.3, -0.25) is 4.79 Å². The van der Waals surface area contributed by atoms with Crippen LogP contribution in [0.25, 0.3) is 0 Å². The molecular weight excluding hydrogens is 407 g/mol.